The maximum absolute atomic E-state index is 4.76. The van der Waals surface area contributed by atoms with Crippen molar-refractivity contribution in [2.75, 3.05) is 25.0 Å². The van der Waals surface area contributed by atoms with Gasteiger partial charge in [0.1, 0.15) is 0 Å². The fourth-order valence-corrected chi connectivity index (χ4v) is 2.79. The summed E-state index contributed by atoms with van der Waals surface area (Å²) in [6.45, 7) is 10.3. The van der Waals surface area contributed by atoms with Crippen LogP contribution in [0.15, 0.2) is 0 Å². The molecule has 0 N–H and O–H groups in total. The van der Waals surface area contributed by atoms with Gasteiger partial charge >= 0.3 is 0 Å². The summed E-state index contributed by atoms with van der Waals surface area (Å²) in [5.74, 6) is 0.955. The van der Waals surface area contributed by atoms with E-state index in [9.17, 15) is 0 Å². The third kappa shape index (κ3) is 3.06. The van der Waals surface area contributed by atoms with Crippen molar-refractivity contribution in [3.63, 3.8) is 0 Å². The Bertz CT molecular complexity index is 424. The van der Waals surface area contributed by atoms with Gasteiger partial charge in [0.2, 0.25) is 5.95 Å². The molecule has 2 aliphatic heterocycles. The lowest BCUT2D eigenvalue weighted by molar-refractivity contribution is 0.350. The van der Waals surface area contributed by atoms with E-state index in [0.717, 1.165) is 32.1 Å². The van der Waals surface area contributed by atoms with Gasteiger partial charge < -0.3 is 4.90 Å². The van der Waals surface area contributed by atoms with Crippen LogP contribution < -0.4 is 4.90 Å². The molecule has 0 aromatic carbocycles. The largest absolute Gasteiger partial charge is 0.341 e. The van der Waals surface area contributed by atoms with Gasteiger partial charge in [0.05, 0.1) is 5.69 Å². The second kappa shape index (κ2) is 6.33. The van der Waals surface area contributed by atoms with E-state index in [4.69, 9.17) is 9.97 Å². The lowest BCUT2D eigenvalue weighted by Crippen LogP contribution is -2.31. The average Bonchev–Trinajstić information content (AvgIpc) is 2.83. The van der Waals surface area contributed by atoms with E-state index in [0.29, 0.717) is 0 Å². The van der Waals surface area contributed by atoms with Gasteiger partial charge in [0, 0.05) is 37.4 Å². The molecule has 2 aliphatic rings. The van der Waals surface area contributed by atoms with E-state index in [1.165, 1.54) is 36.2 Å². The van der Waals surface area contributed by atoms with Crippen LogP contribution >= 0.6 is 0 Å². The van der Waals surface area contributed by atoms with Crippen LogP contribution in [0, 0.1) is 6.92 Å². The Kier molecular flexibility index (Phi) is 4.75. The summed E-state index contributed by atoms with van der Waals surface area (Å²) in [6.07, 6.45) is 3.90. The van der Waals surface area contributed by atoms with Crippen LogP contribution in [0.25, 0.3) is 0 Å². The second-order valence-electron chi connectivity index (χ2n) is 5.25. The Morgan fingerprint density at radius 2 is 1.63 bits per heavy atom. The topological polar surface area (TPSA) is 32.3 Å². The summed E-state index contributed by atoms with van der Waals surface area (Å²) in [5, 5.41) is 0. The molecule has 0 atom stereocenters. The van der Waals surface area contributed by atoms with Crippen LogP contribution in [0.4, 0.5) is 5.95 Å². The molecule has 4 heteroatoms. The number of aromatic nitrogens is 2. The van der Waals surface area contributed by atoms with Crippen molar-refractivity contribution >= 4 is 5.95 Å². The number of hydrogen-bond acceptors (Lipinski definition) is 4. The first-order valence-corrected chi connectivity index (χ1v) is 7.54. The second-order valence-corrected chi connectivity index (χ2v) is 5.25. The summed E-state index contributed by atoms with van der Waals surface area (Å²) < 4.78 is 0. The Morgan fingerprint density at radius 1 is 0.947 bits per heavy atom. The van der Waals surface area contributed by atoms with Crippen molar-refractivity contribution in [2.45, 2.75) is 53.1 Å². The number of aryl methyl sites for hydroxylation is 1. The fraction of sp³-hybridized carbons (Fsp3) is 0.733. The molecule has 0 amide bonds. The molecule has 0 bridgehead atoms. The van der Waals surface area contributed by atoms with Gasteiger partial charge in [0.15, 0.2) is 0 Å². The number of hydrogen-bond donors (Lipinski definition) is 0. The lowest BCUT2D eigenvalue weighted by Gasteiger charge is -2.27. The van der Waals surface area contributed by atoms with Gasteiger partial charge in [-0.25, -0.2) is 9.97 Å². The van der Waals surface area contributed by atoms with E-state index in [1.807, 2.05) is 13.8 Å². The molecule has 1 saturated heterocycles. The SMILES string of the molecule is CC.Cc1nc(N2CCCCC2)nc2c1CN(C)C2. The van der Waals surface area contributed by atoms with Crippen LogP contribution in [0.1, 0.15) is 50.1 Å². The molecule has 1 aromatic rings. The van der Waals surface area contributed by atoms with Gasteiger partial charge in [-0.05, 0) is 33.2 Å². The number of rotatable bonds is 1. The Labute approximate surface area is 116 Å². The Balaban J connectivity index is 0.000000637. The molecule has 0 spiro atoms. The number of piperidine rings is 1. The maximum Gasteiger partial charge on any atom is 0.225 e. The fourth-order valence-electron chi connectivity index (χ4n) is 2.79. The highest BCUT2D eigenvalue weighted by molar-refractivity contribution is 5.38. The van der Waals surface area contributed by atoms with Crippen molar-refractivity contribution < 1.29 is 0 Å². The summed E-state index contributed by atoms with van der Waals surface area (Å²) in [4.78, 5) is 14.1. The first-order valence-electron chi connectivity index (χ1n) is 7.54. The minimum atomic E-state index is 0.955. The first-order chi connectivity index (χ1) is 9.24. The van der Waals surface area contributed by atoms with Gasteiger partial charge in [0.25, 0.3) is 0 Å². The van der Waals surface area contributed by atoms with Crippen molar-refractivity contribution in [1.82, 2.24) is 14.9 Å². The van der Waals surface area contributed by atoms with E-state index >= 15 is 0 Å². The summed E-state index contributed by atoms with van der Waals surface area (Å²) in [7, 11) is 2.14. The molecule has 1 fully saturated rings. The maximum atomic E-state index is 4.76. The van der Waals surface area contributed by atoms with Crippen LogP contribution in [0.5, 0.6) is 0 Å². The predicted molar refractivity (Wildman–Crippen MR) is 79.4 cm³/mol. The van der Waals surface area contributed by atoms with Gasteiger partial charge in [-0.3, -0.25) is 4.90 Å². The zero-order chi connectivity index (χ0) is 13.8. The highest BCUT2D eigenvalue weighted by Gasteiger charge is 2.23. The van der Waals surface area contributed by atoms with Crippen LogP contribution in [-0.2, 0) is 13.1 Å². The monoisotopic (exact) mass is 262 g/mol. The third-order valence-electron chi connectivity index (χ3n) is 3.77. The average molecular weight is 262 g/mol. The molecule has 0 saturated carbocycles. The lowest BCUT2D eigenvalue weighted by atomic mass is 10.1. The molecule has 106 valence electrons. The highest BCUT2D eigenvalue weighted by atomic mass is 15.3. The summed E-state index contributed by atoms with van der Waals surface area (Å²) in [5.41, 5.74) is 3.74. The molecule has 19 heavy (non-hydrogen) atoms. The molecule has 0 unspecified atom stereocenters. The van der Waals surface area contributed by atoms with Crippen molar-refractivity contribution in [3.05, 3.63) is 17.0 Å². The van der Waals surface area contributed by atoms with Crippen LogP contribution in [-0.4, -0.2) is 35.0 Å². The molecular formula is C15H26N4. The van der Waals surface area contributed by atoms with E-state index in [2.05, 4.69) is 23.8 Å². The standard InChI is InChI=1S/C13H20N4.C2H6/c1-10-11-8-16(2)9-12(11)15-13(14-10)17-6-4-3-5-7-17;1-2/h3-9H2,1-2H3;1-2H3. The van der Waals surface area contributed by atoms with Gasteiger partial charge in [-0.2, -0.15) is 0 Å². The quantitative estimate of drug-likeness (QED) is 0.779. The number of fused-ring (bicyclic) bond motifs is 1. The van der Waals surface area contributed by atoms with Crippen molar-refractivity contribution in [2.24, 2.45) is 0 Å². The van der Waals surface area contributed by atoms with Crippen molar-refractivity contribution in [3.8, 4) is 0 Å². The molecule has 0 radical (unpaired) electrons. The summed E-state index contributed by atoms with van der Waals surface area (Å²) >= 11 is 0. The zero-order valence-electron chi connectivity index (χ0n) is 12.7. The highest BCUT2D eigenvalue weighted by Crippen LogP contribution is 2.25. The van der Waals surface area contributed by atoms with Gasteiger partial charge in [-0.1, -0.05) is 13.8 Å². The van der Waals surface area contributed by atoms with Crippen LogP contribution in [0.2, 0.25) is 0 Å². The molecule has 4 nitrogen and oxygen atoms in total. The van der Waals surface area contributed by atoms with E-state index in [1.54, 1.807) is 0 Å². The number of anilines is 1. The molecule has 0 aliphatic carbocycles. The first kappa shape index (κ1) is 14.3. The normalized spacial score (nSPS) is 18.8. The number of nitrogens with zero attached hydrogens (tertiary/aromatic N) is 4. The summed E-state index contributed by atoms with van der Waals surface area (Å²) in [6, 6.07) is 0. The van der Waals surface area contributed by atoms with Crippen LogP contribution in [0.3, 0.4) is 0 Å². The van der Waals surface area contributed by atoms with Gasteiger partial charge in [-0.15, -0.1) is 0 Å². The molecule has 3 rings (SSSR count). The third-order valence-corrected chi connectivity index (χ3v) is 3.77. The van der Waals surface area contributed by atoms with E-state index in [-0.39, 0.29) is 0 Å². The molecule has 3 heterocycles. The van der Waals surface area contributed by atoms with E-state index < -0.39 is 0 Å². The predicted octanol–water partition coefficient (Wildman–Crippen LogP) is 2.75. The molecule has 1 aromatic heterocycles. The zero-order valence-corrected chi connectivity index (χ0v) is 12.7. The minimum absolute atomic E-state index is 0.955. The smallest absolute Gasteiger partial charge is 0.225 e. The Hall–Kier alpha value is -1.16. The molecular weight excluding hydrogens is 236 g/mol. The minimum Gasteiger partial charge on any atom is -0.341 e. The van der Waals surface area contributed by atoms with Crippen molar-refractivity contribution in [1.29, 1.82) is 0 Å². The Morgan fingerprint density at radius 3 is 2.32 bits per heavy atom.